The fraction of sp³-hybridized carbons (Fsp3) is 0.385. The lowest BCUT2D eigenvalue weighted by Crippen LogP contribution is -1.96. The molecule has 3 heterocycles. The summed E-state index contributed by atoms with van der Waals surface area (Å²) < 4.78 is 1.12. The maximum Gasteiger partial charge on any atom is 0.122 e. The Hall–Kier alpha value is 0.190. The zero-order valence-corrected chi connectivity index (χ0v) is 13.9. The lowest BCUT2D eigenvalue weighted by atomic mass is 10.2. The predicted octanol–water partition coefficient (Wildman–Crippen LogP) is 4.75. The molecular formula is C13H13BrOS3. The van der Waals surface area contributed by atoms with Gasteiger partial charge in [0.2, 0.25) is 0 Å². The Kier molecular flexibility index (Phi) is 3.87. The van der Waals surface area contributed by atoms with Gasteiger partial charge in [-0.25, -0.2) is 0 Å². The highest BCUT2D eigenvalue weighted by atomic mass is 79.9. The number of hydrogen-bond acceptors (Lipinski definition) is 4. The van der Waals surface area contributed by atoms with Gasteiger partial charge in [0.1, 0.15) is 6.10 Å². The average molecular weight is 361 g/mol. The second kappa shape index (κ2) is 5.29. The number of aliphatic hydroxyl groups is 1. The minimum atomic E-state index is -0.458. The van der Waals surface area contributed by atoms with E-state index in [1.54, 1.807) is 22.7 Å². The molecule has 0 bridgehead atoms. The molecule has 1 unspecified atom stereocenters. The van der Waals surface area contributed by atoms with Crippen molar-refractivity contribution in [3.05, 3.63) is 41.7 Å². The molecule has 1 atom stereocenters. The first-order chi connectivity index (χ1) is 8.65. The standard InChI is InChI=1S/C13H13BrOS3/c1-7-4-10(18-13(7)14)12(15)11-5-8-6-16-3-2-9(8)17-11/h4-5,12,15H,2-3,6H2,1H3. The molecule has 18 heavy (non-hydrogen) atoms. The molecular weight excluding hydrogens is 348 g/mol. The normalized spacial score (nSPS) is 16.6. The topological polar surface area (TPSA) is 20.2 Å². The van der Waals surface area contributed by atoms with Crippen molar-refractivity contribution in [3.8, 4) is 0 Å². The third-order valence-corrected chi connectivity index (χ3v) is 7.55. The number of thioether (sulfide) groups is 1. The monoisotopic (exact) mass is 360 g/mol. The number of hydrogen-bond donors (Lipinski definition) is 1. The van der Waals surface area contributed by atoms with Crippen molar-refractivity contribution in [3.63, 3.8) is 0 Å². The number of thiophene rings is 2. The van der Waals surface area contributed by atoms with Crippen molar-refractivity contribution in [2.24, 2.45) is 0 Å². The molecule has 0 saturated heterocycles. The summed E-state index contributed by atoms with van der Waals surface area (Å²) in [6.45, 7) is 2.06. The van der Waals surface area contributed by atoms with Crippen molar-refractivity contribution in [1.82, 2.24) is 0 Å². The van der Waals surface area contributed by atoms with Gasteiger partial charge < -0.3 is 5.11 Å². The van der Waals surface area contributed by atoms with E-state index in [2.05, 4.69) is 35.0 Å². The van der Waals surface area contributed by atoms with Crippen LogP contribution in [0.2, 0.25) is 0 Å². The molecule has 2 aromatic heterocycles. The fourth-order valence-electron chi connectivity index (χ4n) is 2.06. The van der Waals surface area contributed by atoms with Gasteiger partial charge in [-0.1, -0.05) is 0 Å². The van der Waals surface area contributed by atoms with E-state index in [9.17, 15) is 5.11 Å². The predicted molar refractivity (Wildman–Crippen MR) is 85.0 cm³/mol. The van der Waals surface area contributed by atoms with Gasteiger partial charge in [0.15, 0.2) is 0 Å². The molecule has 0 aromatic carbocycles. The molecule has 1 nitrogen and oxygen atoms in total. The Morgan fingerprint density at radius 3 is 2.72 bits per heavy atom. The van der Waals surface area contributed by atoms with Gasteiger partial charge >= 0.3 is 0 Å². The van der Waals surface area contributed by atoms with Crippen LogP contribution in [0.1, 0.15) is 31.9 Å². The van der Waals surface area contributed by atoms with Crippen molar-refractivity contribution in [2.45, 2.75) is 25.2 Å². The van der Waals surface area contributed by atoms with Crippen LogP contribution in [-0.4, -0.2) is 10.9 Å². The van der Waals surface area contributed by atoms with Gasteiger partial charge in [0.05, 0.1) is 3.79 Å². The van der Waals surface area contributed by atoms with E-state index in [1.807, 2.05) is 11.8 Å². The molecule has 1 aliphatic rings. The first-order valence-corrected chi connectivity index (χ1v) is 9.36. The first kappa shape index (κ1) is 13.2. The molecule has 0 aliphatic carbocycles. The number of aliphatic hydroxyl groups excluding tert-OH is 1. The minimum absolute atomic E-state index is 0.458. The Morgan fingerprint density at radius 1 is 1.28 bits per heavy atom. The number of fused-ring (bicyclic) bond motifs is 1. The highest BCUT2D eigenvalue weighted by Crippen LogP contribution is 2.39. The third kappa shape index (κ3) is 2.43. The second-order valence-electron chi connectivity index (χ2n) is 4.41. The second-order valence-corrected chi connectivity index (χ2v) is 9.08. The molecule has 1 N–H and O–H groups in total. The lowest BCUT2D eigenvalue weighted by molar-refractivity contribution is 0.228. The van der Waals surface area contributed by atoms with E-state index in [0.717, 1.165) is 25.7 Å². The molecule has 0 spiro atoms. The molecule has 5 heteroatoms. The average Bonchev–Trinajstić information content (AvgIpc) is 2.93. The smallest absolute Gasteiger partial charge is 0.122 e. The highest BCUT2D eigenvalue weighted by Gasteiger charge is 2.20. The van der Waals surface area contributed by atoms with E-state index in [-0.39, 0.29) is 0 Å². The van der Waals surface area contributed by atoms with Crippen molar-refractivity contribution < 1.29 is 5.11 Å². The van der Waals surface area contributed by atoms with E-state index in [0.29, 0.717) is 0 Å². The van der Waals surface area contributed by atoms with Crippen LogP contribution in [0, 0.1) is 6.92 Å². The van der Waals surface area contributed by atoms with Crippen LogP contribution < -0.4 is 0 Å². The molecule has 96 valence electrons. The van der Waals surface area contributed by atoms with Crippen LogP contribution in [0.5, 0.6) is 0 Å². The van der Waals surface area contributed by atoms with Gasteiger partial charge in [-0.05, 0) is 58.3 Å². The van der Waals surface area contributed by atoms with Crippen molar-refractivity contribution in [2.75, 3.05) is 5.75 Å². The first-order valence-electron chi connectivity index (χ1n) is 5.78. The van der Waals surface area contributed by atoms with Crippen molar-refractivity contribution in [1.29, 1.82) is 0 Å². The van der Waals surface area contributed by atoms with E-state index < -0.39 is 6.10 Å². The quantitative estimate of drug-likeness (QED) is 0.833. The molecule has 2 aromatic rings. The summed E-state index contributed by atoms with van der Waals surface area (Å²) in [6, 6.07) is 4.27. The molecule has 1 aliphatic heterocycles. The van der Waals surface area contributed by atoms with Gasteiger partial charge in [0, 0.05) is 20.4 Å². The molecule has 0 radical (unpaired) electrons. The SMILES string of the molecule is Cc1cc(C(O)c2cc3c(s2)CCSC3)sc1Br. The number of halogens is 1. The van der Waals surface area contributed by atoms with Crippen LogP contribution in [0.15, 0.2) is 15.9 Å². The van der Waals surface area contributed by atoms with Gasteiger partial charge in [-0.2, -0.15) is 11.8 Å². The zero-order chi connectivity index (χ0) is 12.7. The minimum Gasteiger partial charge on any atom is -0.382 e. The van der Waals surface area contributed by atoms with E-state index in [1.165, 1.54) is 21.8 Å². The lowest BCUT2D eigenvalue weighted by Gasteiger charge is -2.08. The summed E-state index contributed by atoms with van der Waals surface area (Å²) in [6.07, 6.45) is 0.700. The number of rotatable bonds is 2. The largest absolute Gasteiger partial charge is 0.382 e. The Bertz CT molecular complexity index is 530. The maximum atomic E-state index is 10.5. The Labute approximate surface area is 127 Å². The third-order valence-electron chi connectivity index (χ3n) is 3.06. The summed E-state index contributed by atoms with van der Waals surface area (Å²) in [5, 5.41) is 10.5. The summed E-state index contributed by atoms with van der Waals surface area (Å²) in [7, 11) is 0. The van der Waals surface area contributed by atoms with Crippen LogP contribution in [0.3, 0.4) is 0 Å². The zero-order valence-electron chi connectivity index (χ0n) is 9.90. The van der Waals surface area contributed by atoms with Crippen LogP contribution >= 0.6 is 50.4 Å². The number of aryl methyl sites for hydroxylation is 2. The summed E-state index contributed by atoms with van der Waals surface area (Å²) >= 11 is 8.92. The molecule has 0 fully saturated rings. The maximum absolute atomic E-state index is 10.5. The van der Waals surface area contributed by atoms with E-state index >= 15 is 0 Å². The van der Waals surface area contributed by atoms with Crippen LogP contribution in [-0.2, 0) is 12.2 Å². The molecule has 3 rings (SSSR count). The van der Waals surface area contributed by atoms with Crippen molar-refractivity contribution >= 4 is 50.4 Å². The van der Waals surface area contributed by atoms with Gasteiger partial charge in [-0.3, -0.25) is 0 Å². The Morgan fingerprint density at radius 2 is 2.06 bits per heavy atom. The summed E-state index contributed by atoms with van der Waals surface area (Å²) in [5.41, 5.74) is 2.63. The molecule has 0 amide bonds. The summed E-state index contributed by atoms with van der Waals surface area (Å²) in [5.74, 6) is 2.32. The summed E-state index contributed by atoms with van der Waals surface area (Å²) in [4.78, 5) is 3.59. The molecule has 0 saturated carbocycles. The van der Waals surface area contributed by atoms with Crippen LogP contribution in [0.25, 0.3) is 0 Å². The van der Waals surface area contributed by atoms with Gasteiger partial charge in [0.25, 0.3) is 0 Å². The van der Waals surface area contributed by atoms with E-state index in [4.69, 9.17) is 0 Å². The highest BCUT2D eigenvalue weighted by molar-refractivity contribution is 9.11. The Balaban J connectivity index is 1.92. The van der Waals surface area contributed by atoms with Crippen LogP contribution in [0.4, 0.5) is 0 Å². The van der Waals surface area contributed by atoms with Gasteiger partial charge in [-0.15, -0.1) is 22.7 Å². The fourth-order valence-corrected chi connectivity index (χ4v) is 6.10.